The van der Waals surface area contributed by atoms with Gasteiger partial charge in [-0.15, -0.1) is 0 Å². The first-order valence-electron chi connectivity index (χ1n) is 6.65. The average Bonchev–Trinajstić information content (AvgIpc) is 2.52. The highest BCUT2D eigenvalue weighted by atomic mass is 16.5. The van der Waals surface area contributed by atoms with Crippen LogP contribution in [-0.4, -0.2) is 5.97 Å². The number of hydrogen-bond acceptors (Lipinski definition) is 3. The summed E-state index contributed by atoms with van der Waals surface area (Å²) in [5.74, 6) is -0.356. The zero-order valence-electron chi connectivity index (χ0n) is 11.6. The van der Waals surface area contributed by atoms with Crippen LogP contribution in [0.3, 0.4) is 0 Å². The quantitative estimate of drug-likeness (QED) is 0.870. The van der Waals surface area contributed by atoms with Crippen molar-refractivity contribution in [3.63, 3.8) is 0 Å². The number of carbonyl (C=O) groups excluding carboxylic acids is 1. The van der Waals surface area contributed by atoms with E-state index in [2.05, 4.69) is 0 Å². The van der Waals surface area contributed by atoms with Crippen molar-refractivity contribution >= 4 is 11.7 Å². The first-order chi connectivity index (χ1) is 10.3. The topological polar surface area (TPSA) is 52.3 Å². The molecule has 106 valence electrons. The van der Waals surface area contributed by atoms with Gasteiger partial charge in [-0.25, -0.2) is 4.79 Å². The predicted molar refractivity (Wildman–Crippen MR) is 84.0 cm³/mol. The van der Waals surface area contributed by atoms with Crippen LogP contribution < -0.4 is 5.73 Å². The normalized spacial score (nSPS) is 9.52. The number of hydrogen-bond donors (Lipinski definition) is 1. The lowest BCUT2D eigenvalue weighted by atomic mass is 10.2. The summed E-state index contributed by atoms with van der Waals surface area (Å²) in [6.45, 7) is 0.261. The SMILES string of the molecule is Nc1ccccc(C(=O)OCc2ccccc2)cccc1. The molecular formula is C18H17NO2. The summed E-state index contributed by atoms with van der Waals surface area (Å²) in [5.41, 5.74) is 7.81. The molecule has 2 N–H and O–H groups in total. The Balaban J connectivity index is 2.11. The summed E-state index contributed by atoms with van der Waals surface area (Å²) < 4.78 is 5.30. The maximum atomic E-state index is 12.1. The van der Waals surface area contributed by atoms with Crippen LogP contribution in [0.25, 0.3) is 0 Å². The van der Waals surface area contributed by atoms with Gasteiger partial charge in [-0.1, -0.05) is 54.6 Å². The molecule has 2 rings (SSSR count). The Kier molecular flexibility index (Phi) is 5.35. The van der Waals surface area contributed by atoms with Crippen molar-refractivity contribution in [3.05, 3.63) is 90.0 Å². The molecule has 0 aliphatic heterocycles. The molecule has 0 spiro atoms. The fourth-order valence-corrected chi connectivity index (χ4v) is 1.71. The summed E-state index contributed by atoms with van der Waals surface area (Å²) in [7, 11) is 0. The maximum Gasteiger partial charge on any atom is 0.338 e. The van der Waals surface area contributed by atoms with Gasteiger partial charge in [-0.05, 0) is 29.8 Å². The van der Waals surface area contributed by atoms with E-state index in [1.807, 2.05) is 30.3 Å². The van der Waals surface area contributed by atoms with E-state index in [1.165, 1.54) is 0 Å². The Morgan fingerprint density at radius 2 is 1.33 bits per heavy atom. The molecule has 21 heavy (non-hydrogen) atoms. The smallest absolute Gasteiger partial charge is 0.338 e. The molecule has 2 aromatic rings. The Morgan fingerprint density at radius 3 is 1.95 bits per heavy atom. The highest BCUT2D eigenvalue weighted by Crippen LogP contribution is 2.05. The lowest BCUT2D eigenvalue weighted by Crippen LogP contribution is -2.04. The zero-order chi connectivity index (χ0) is 14.9. The number of nitrogens with two attached hydrogens (primary N) is 1. The van der Waals surface area contributed by atoms with E-state index in [1.54, 1.807) is 48.5 Å². The third-order valence-electron chi connectivity index (χ3n) is 2.80. The van der Waals surface area contributed by atoms with Crippen molar-refractivity contribution in [3.8, 4) is 0 Å². The molecule has 0 aliphatic carbocycles. The molecule has 0 atom stereocenters. The van der Waals surface area contributed by atoms with Gasteiger partial charge in [-0.3, -0.25) is 0 Å². The first kappa shape index (κ1) is 14.6. The predicted octanol–water partition coefficient (Wildman–Crippen LogP) is 3.75. The van der Waals surface area contributed by atoms with Gasteiger partial charge < -0.3 is 10.5 Å². The van der Waals surface area contributed by atoms with Gasteiger partial charge in [0.1, 0.15) is 6.61 Å². The second-order valence-electron chi connectivity index (χ2n) is 4.45. The van der Waals surface area contributed by atoms with E-state index in [0.717, 1.165) is 5.56 Å². The second-order valence-corrected chi connectivity index (χ2v) is 4.45. The standard InChI is InChI=1S/C18H17NO2/c19-17-12-6-4-10-16(11-5-7-13-17)18(20)21-14-15-8-2-1-3-9-15/h1-13H,14,19H2. The number of rotatable bonds is 3. The van der Waals surface area contributed by atoms with Crippen LogP contribution in [0.4, 0.5) is 5.69 Å². The molecule has 3 heteroatoms. The molecule has 0 bridgehead atoms. The van der Waals surface area contributed by atoms with Crippen molar-refractivity contribution in [2.24, 2.45) is 0 Å². The molecule has 0 aromatic heterocycles. The molecule has 0 radical (unpaired) electrons. The van der Waals surface area contributed by atoms with E-state index in [9.17, 15) is 4.79 Å². The van der Waals surface area contributed by atoms with E-state index in [0.29, 0.717) is 11.3 Å². The maximum absolute atomic E-state index is 12.1. The van der Waals surface area contributed by atoms with Crippen molar-refractivity contribution in [2.75, 3.05) is 5.73 Å². The first-order valence-corrected chi connectivity index (χ1v) is 6.65. The van der Waals surface area contributed by atoms with Crippen molar-refractivity contribution in [1.29, 1.82) is 0 Å². The van der Waals surface area contributed by atoms with Crippen LogP contribution in [0.1, 0.15) is 15.9 Å². The lowest BCUT2D eigenvalue weighted by Gasteiger charge is -2.03. The van der Waals surface area contributed by atoms with Gasteiger partial charge in [0.2, 0.25) is 0 Å². The summed E-state index contributed by atoms with van der Waals surface area (Å²) in [6.07, 6.45) is 0. The number of nitrogen functional groups attached to an aromatic ring is 1. The highest BCUT2D eigenvalue weighted by Gasteiger charge is 2.04. The molecule has 0 amide bonds. The van der Waals surface area contributed by atoms with E-state index >= 15 is 0 Å². The van der Waals surface area contributed by atoms with Gasteiger partial charge in [0.05, 0.1) is 5.56 Å². The fraction of sp³-hybridized carbons (Fsp3) is 0.0556. The Labute approximate surface area is 124 Å². The Bertz CT molecular complexity index is 624. The Hall–Kier alpha value is -2.81. The van der Waals surface area contributed by atoms with Gasteiger partial charge >= 0.3 is 5.97 Å². The van der Waals surface area contributed by atoms with Crippen molar-refractivity contribution in [1.82, 2.24) is 0 Å². The molecule has 0 saturated carbocycles. The number of carbonyl (C=O) groups is 1. The van der Waals surface area contributed by atoms with Crippen LogP contribution in [0.15, 0.2) is 78.9 Å². The molecule has 0 saturated heterocycles. The zero-order valence-corrected chi connectivity index (χ0v) is 11.6. The second kappa shape index (κ2) is 7.70. The van der Waals surface area contributed by atoms with Crippen LogP contribution in [0, 0.1) is 0 Å². The van der Waals surface area contributed by atoms with Gasteiger partial charge in [0.25, 0.3) is 0 Å². The van der Waals surface area contributed by atoms with Gasteiger partial charge in [0.15, 0.2) is 0 Å². The van der Waals surface area contributed by atoms with Crippen LogP contribution in [0.2, 0.25) is 0 Å². The molecule has 0 fully saturated rings. The van der Waals surface area contributed by atoms with E-state index < -0.39 is 0 Å². The monoisotopic (exact) mass is 279 g/mol. The van der Waals surface area contributed by atoms with E-state index in [-0.39, 0.29) is 12.6 Å². The fourth-order valence-electron chi connectivity index (χ4n) is 1.71. The third-order valence-corrected chi connectivity index (χ3v) is 2.80. The summed E-state index contributed by atoms with van der Waals surface area (Å²) in [6, 6.07) is 23.6. The van der Waals surface area contributed by atoms with E-state index in [4.69, 9.17) is 10.5 Å². The minimum Gasteiger partial charge on any atom is -0.457 e. The molecule has 0 unspecified atom stereocenters. The lowest BCUT2D eigenvalue weighted by molar-refractivity contribution is 0.0473. The summed E-state index contributed by atoms with van der Waals surface area (Å²) in [4.78, 5) is 12.1. The molecule has 0 heterocycles. The molecular weight excluding hydrogens is 262 g/mol. The Morgan fingerprint density at radius 1 is 0.810 bits per heavy atom. The minimum atomic E-state index is -0.356. The van der Waals surface area contributed by atoms with Gasteiger partial charge in [-0.2, -0.15) is 0 Å². The van der Waals surface area contributed by atoms with Crippen LogP contribution in [-0.2, 0) is 11.3 Å². The molecule has 3 nitrogen and oxygen atoms in total. The minimum absolute atomic E-state index is 0.261. The number of esters is 1. The average molecular weight is 279 g/mol. The molecule has 2 aromatic carbocycles. The number of ether oxygens (including phenoxy) is 1. The highest BCUT2D eigenvalue weighted by molar-refractivity contribution is 5.89. The number of benzene rings is 1. The van der Waals surface area contributed by atoms with Gasteiger partial charge in [0, 0.05) is 5.69 Å². The van der Waals surface area contributed by atoms with Crippen molar-refractivity contribution < 1.29 is 9.53 Å². The number of anilines is 1. The van der Waals surface area contributed by atoms with Crippen LogP contribution in [0.5, 0.6) is 0 Å². The third kappa shape index (κ3) is 4.99. The molecule has 0 aliphatic rings. The van der Waals surface area contributed by atoms with Crippen molar-refractivity contribution in [2.45, 2.75) is 6.61 Å². The largest absolute Gasteiger partial charge is 0.457 e. The summed E-state index contributed by atoms with van der Waals surface area (Å²) >= 11 is 0. The summed E-state index contributed by atoms with van der Waals surface area (Å²) in [5, 5.41) is 0. The van der Waals surface area contributed by atoms with Crippen LogP contribution >= 0.6 is 0 Å².